The standard InChI is InChI=1S/C17H15N7O3/c1-11-2-4-13(5-3-11)21-15-14(24(26)27)16(20-10-19-15)22-23-17(25)12-6-8-18-9-7-12/h2-10H,1H3,(H,23,25)(H2,19,20,21,22). The van der Waals surface area contributed by atoms with E-state index in [0.29, 0.717) is 11.3 Å². The van der Waals surface area contributed by atoms with Gasteiger partial charge in [0.05, 0.1) is 4.92 Å². The Morgan fingerprint density at radius 1 is 1.04 bits per heavy atom. The first-order chi connectivity index (χ1) is 13.0. The molecule has 2 heterocycles. The van der Waals surface area contributed by atoms with Gasteiger partial charge >= 0.3 is 5.69 Å². The molecule has 10 heteroatoms. The molecule has 0 unspecified atom stereocenters. The minimum Gasteiger partial charge on any atom is -0.334 e. The molecule has 0 fully saturated rings. The van der Waals surface area contributed by atoms with Gasteiger partial charge in [-0.15, -0.1) is 0 Å². The van der Waals surface area contributed by atoms with E-state index in [1.54, 1.807) is 12.1 Å². The fourth-order valence-corrected chi connectivity index (χ4v) is 2.20. The van der Waals surface area contributed by atoms with Crippen LogP contribution in [0.15, 0.2) is 55.1 Å². The van der Waals surface area contributed by atoms with Gasteiger partial charge in [0.2, 0.25) is 11.6 Å². The van der Waals surface area contributed by atoms with Crippen molar-refractivity contribution in [1.29, 1.82) is 0 Å². The highest BCUT2D eigenvalue weighted by Gasteiger charge is 2.23. The first-order valence-corrected chi connectivity index (χ1v) is 7.84. The molecule has 27 heavy (non-hydrogen) atoms. The van der Waals surface area contributed by atoms with Gasteiger partial charge in [-0.25, -0.2) is 9.97 Å². The molecule has 3 N–H and O–H groups in total. The van der Waals surface area contributed by atoms with Crippen LogP contribution in [0.3, 0.4) is 0 Å². The summed E-state index contributed by atoms with van der Waals surface area (Å²) in [5.41, 5.74) is 6.48. The van der Waals surface area contributed by atoms with Gasteiger partial charge < -0.3 is 5.32 Å². The van der Waals surface area contributed by atoms with Crippen LogP contribution in [0.5, 0.6) is 0 Å². The summed E-state index contributed by atoms with van der Waals surface area (Å²) < 4.78 is 0. The van der Waals surface area contributed by atoms with Crippen LogP contribution in [0.1, 0.15) is 15.9 Å². The van der Waals surface area contributed by atoms with Crippen LogP contribution in [-0.4, -0.2) is 25.8 Å². The fourth-order valence-electron chi connectivity index (χ4n) is 2.20. The van der Waals surface area contributed by atoms with Crippen LogP contribution in [0.2, 0.25) is 0 Å². The summed E-state index contributed by atoms with van der Waals surface area (Å²) in [6.07, 6.45) is 4.09. The van der Waals surface area contributed by atoms with Crippen molar-refractivity contribution < 1.29 is 9.72 Å². The van der Waals surface area contributed by atoms with E-state index < -0.39 is 16.5 Å². The number of nitrogens with one attached hydrogen (secondary N) is 3. The monoisotopic (exact) mass is 365 g/mol. The largest absolute Gasteiger partial charge is 0.355 e. The lowest BCUT2D eigenvalue weighted by atomic mass is 10.2. The third-order valence-corrected chi connectivity index (χ3v) is 3.56. The molecular formula is C17H15N7O3. The Morgan fingerprint density at radius 2 is 1.70 bits per heavy atom. The molecule has 3 aromatic rings. The van der Waals surface area contributed by atoms with Crippen molar-refractivity contribution in [2.45, 2.75) is 6.92 Å². The number of benzene rings is 1. The molecule has 1 aromatic carbocycles. The van der Waals surface area contributed by atoms with Crippen molar-refractivity contribution in [3.8, 4) is 0 Å². The summed E-state index contributed by atoms with van der Waals surface area (Å²) in [6, 6.07) is 10.3. The summed E-state index contributed by atoms with van der Waals surface area (Å²) in [5.74, 6) is -0.634. The number of pyridine rings is 1. The number of hydrazine groups is 1. The van der Waals surface area contributed by atoms with Gasteiger partial charge in [0.1, 0.15) is 6.33 Å². The first-order valence-electron chi connectivity index (χ1n) is 7.84. The maximum atomic E-state index is 12.1. The second-order valence-corrected chi connectivity index (χ2v) is 5.48. The lowest BCUT2D eigenvalue weighted by Crippen LogP contribution is -2.30. The van der Waals surface area contributed by atoms with E-state index in [0.717, 1.165) is 11.9 Å². The number of anilines is 3. The Balaban J connectivity index is 1.82. The molecule has 0 bridgehead atoms. The Kier molecular flexibility index (Phi) is 5.17. The Bertz CT molecular complexity index is 962. The van der Waals surface area contributed by atoms with E-state index >= 15 is 0 Å². The zero-order valence-corrected chi connectivity index (χ0v) is 14.2. The van der Waals surface area contributed by atoms with E-state index in [9.17, 15) is 14.9 Å². The predicted molar refractivity (Wildman–Crippen MR) is 98.5 cm³/mol. The average Bonchev–Trinajstić information content (AvgIpc) is 2.68. The van der Waals surface area contributed by atoms with Gasteiger partial charge in [-0.2, -0.15) is 0 Å². The van der Waals surface area contributed by atoms with Gasteiger partial charge in [-0.3, -0.25) is 30.7 Å². The second kappa shape index (κ2) is 7.87. The van der Waals surface area contributed by atoms with Crippen LogP contribution < -0.4 is 16.2 Å². The van der Waals surface area contributed by atoms with Crippen LogP contribution in [0, 0.1) is 17.0 Å². The summed E-state index contributed by atoms with van der Waals surface area (Å²) in [4.78, 5) is 34.6. The molecule has 3 rings (SSSR count). The van der Waals surface area contributed by atoms with Crippen LogP contribution in [0.4, 0.5) is 23.0 Å². The van der Waals surface area contributed by atoms with E-state index in [1.165, 1.54) is 24.5 Å². The van der Waals surface area contributed by atoms with Crippen LogP contribution >= 0.6 is 0 Å². The van der Waals surface area contributed by atoms with Crippen molar-refractivity contribution in [1.82, 2.24) is 20.4 Å². The van der Waals surface area contributed by atoms with Gasteiger partial charge in [0.25, 0.3) is 5.91 Å². The van der Waals surface area contributed by atoms with E-state index in [2.05, 4.69) is 31.1 Å². The summed E-state index contributed by atoms with van der Waals surface area (Å²) >= 11 is 0. The van der Waals surface area contributed by atoms with Gasteiger partial charge in [0.15, 0.2) is 0 Å². The number of aryl methyl sites for hydroxylation is 1. The summed E-state index contributed by atoms with van der Waals surface area (Å²) in [7, 11) is 0. The van der Waals surface area contributed by atoms with E-state index in [4.69, 9.17) is 0 Å². The number of hydrogen-bond donors (Lipinski definition) is 3. The highest BCUT2D eigenvalue weighted by molar-refractivity contribution is 5.94. The van der Waals surface area contributed by atoms with Gasteiger partial charge in [-0.05, 0) is 31.2 Å². The smallest absolute Gasteiger partial charge is 0.334 e. The molecule has 0 radical (unpaired) electrons. The number of hydrogen-bond acceptors (Lipinski definition) is 8. The number of carbonyl (C=O) groups is 1. The number of nitrogens with zero attached hydrogens (tertiary/aromatic N) is 4. The van der Waals surface area contributed by atoms with Gasteiger partial charge in [-0.1, -0.05) is 17.7 Å². The molecule has 0 atom stereocenters. The lowest BCUT2D eigenvalue weighted by molar-refractivity contribution is -0.383. The van der Waals surface area contributed by atoms with Gasteiger partial charge in [0, 0.05) is 23.6 Å². The highest BCUT2D eigenvalue weighted by Crippen LogP contribution is 2.30. The van der Waals surface area contributed by atoms with Crippen molar-refractivity contribution in [3.05, 3.63) is 76.4 Å². The average molecular weight is 365 g/mol. The summed E-state index contributed by atoms with van der Waals surface area (Å²) in [6.45, 7) is 1.93. The minimum atomic E-state index is -0.628. The molecule has 0 aliphatic rings. The van der Waals surface area contributed by atoms with E-state index in [-0.39, 0.29) is 11.6 Å². The summed E-state index contributed by atoms with van der Waals surface area (Å²) in [5, 5.41) is 14.4. The third kappa shape index (κ3) is 4.31. The molecule has 1 amide bonds. The molecule has 0 spiro atoms. The number of amides is 1. The molecule has 10 nitrogen and oxygen atoms in total. The zero-order valence-electron chi connectivity index (χ0n) is 14.2. The maximum Gasteiger partial charge on any atom is 0.355 e. The molecule has 2 aromatic heterocycles. The highest BCUT2D eigenvalue weighted by atomic mass is 16.6. The number of aromatic nitrogens is 3. The Morgan fingerprint density at radius 3 is 2.37 bits per heavy atom. The fraction of sp³-hybridized carbons (Fsp3) is 0.0588. The normalized spacial score (nSPS) is 10.1. The predicted octanol–water partition coefficient (Wildman–Crippen LogP) is 2.59. The van der Waals surface area contributed by atoms with Crippen molar-refractivity contribution in [2.75, 3.05) is 10.7 Å². The molecule has 0 saturated carbocycles. The van der Waals surface area contributed by atoms with Crippen LogP contribution in [-0.2, 0) is 0 Å². The van der Waals surface area contributed by atoms with Crippen molar-refractivity contribution >= 4 is 28.9 Å². The SMILES string of the molecule is Cc1ccc(Nc2ncnc(NNC(=O)c3ccncc3)c2[N+](=O)[O-])cc1. The Hall–Kier alpha value is -4.08. The van der Waals surface area contributed by atoms with Crippen LogP contribution in [0.25, 0.3) is 0 Å². The lowest BCUT2D eigenvalue weighted by Gasteiger charge is -2.11. The van der Waals surface area contributed by atoms with Crippen molar-refractivity contribution in [3.63, 3.8) is 0 Å². The topological polar surface area (TPSA) is 135 Å². The second-order valence-electron chi connectivity index (χ2n) is 5.48. The van der Waals surface area contributed by atoms with E-state index in [1.807, 2.05) is 19.1 Å². The quantitative estimate of drug-likeness (QED) is 0.448. The minimum absolute atomic E-state index is 0.000451. The zero-order chi connectivity index (χ0) is 19.2. The molecule has 0 aliphatic carbocycles. The molecule has 0 saturated heterocycles. The number of nitro groups is 1. The molecular weight excluding hydrogens is 350 g/mol. The Labute approximate surface area is 153 Å². The number of rotatable bonds is 6. The third-order valence-electron chi connectivity index (χ3n) is 3.56. The van der Waals surface area contributed by atoms with Crippen molar-refractivity contribution in [2.24, 2.45) is 0 Å². The number of carbonyl (C=O) groups excluding carboxylic acids is 1. The first kappa shape index (κ1) is 17.7. The maximum absolute atomic E-state index is 12.1. The molecule has 136 valence electrons. The molecule has 0 aliphatic heterocycles.